The first-order valence-corrected chi connectivity index (χ1v) is 12.3. The molecule has 0 aromatic rings. The van der Waals surface area contributed by atoms with Gasteiger partial charge in [0.15, 0.2) is 24.9 Å². The quantitative estimate of drug-likeness (QED) is 0.657. The van der Waals surface area contributed by atoms with Crippen molar-refractivity contribution in [3.63, 3.8) is 0 Å². The summed E-state index contributed by atoms with van der Waals surface area (Å²) in [5.74, 6) is 0. The first-order chi connectivity index (χ1) is 15.5. The Morgan fingerprint density at radius 1 is 0.562 bits per heavy atom. The monoisotopic (exact) mass is 450 g/mol. The van der Waals surface area contributed by atoms with E-state index < -0.39 is 37.5 Å². The minimum atomic E-state index is -0.742. The molecule has 2 aliphatic carbocycles. The van der Waals surface area contributed by atoms with Crippen LogP contribution in [0.5, 0.6) is 0 Å². The number of hydrogen-bond donors (Lipinski definition) is 0. The van der Waals surface area contributed by atoms with E-state index in [9.17, 15) is 9.59 Å². The first kappa shape index (κ1) is 20.9. The number of fused-ring (bicyclic) bond motifs is 2. The molecule has 4 amide bonds. The molecular formula is C22H34N4O6. The summed E-state index contributed by atoms with van der Waals surface area (Å²) in [6.45, 7) is 0. The van der Waals surface area contributed by atoms with Gasteiger partial charge in [-0.15, -0.1) is 0 Å². The van der Waals surface area contributed by atoms with E-state index in [2.05, 4.69) is 0 Å². The fourth-order valence-corrected chi connectivity index (χ4v) is 6.36. The number of hydrogen-bond acceptors (Lipinski definition) is 6. The summed E-state index contributed by atoms with van der Waals surface area (Å²) in [5, 5.41) is 0. The van der Waals surface area contributed by atoms with Crippen LogP contribution in [0.4, 0.5) is 9.59 Å². The number of carbonyl (C=O) groups excluding carboxylic acids is 2. The van der Waals surface area contributed by atoms with E-state index in [1.165, 1.54) is 12.8 Å². The summed E-state index contributed by atoms with van der Waals surface area (Å²) >= 11 is 0. The average Bonchev–Trinajstić information content (AvgIpc) is 3.54. The summed E-state index contributed by atoms with van der Waals surface area (Å²) in [6.07, 6.45) is 7.63. The summed E-state index contributed by atoms with van der Waals surface area (Å²) in [5.41, 5.74) is 0. The van der Waals surface area contributed by atoms with Crippen LogP contribution in [0.1, 0.15) is 64.2 Å². The second-order valence-corrected chi connectivity index (χ2v) is 10.0. The van der Waals surface area contributed by atoms with E-state index in [0.29, 0.717) is 0 Å². The minimum absolute atomic E-state index is 0.0377. The molecule has 6 rings (SSSR count). The Balaban J connectivity index is 1.16. The van der Waals surface area contributed by atoms with Gasteiger partial charge in [0, 0.05) is 26.2 Å². The van der Waals surface area contributed by atoms with Crippen LogP contribution in [0.25, 0.3) is 0 Å². The summed E-state index contributed by atoms with van der Waals surface area (Å²) in [4.78, 5) is 32.7. The molecule has 178 valence electrons. The van der Waals surface area contributed by atoms with Gasteiger partial charge in [0.05, 0.1) is 0 Å². The summed E-state index contributed by atoms with van der Waals surface area (Å²) < 4.78 is 24.8. The number of amides is 4. The SMILES string of the molecule is CN1C(=O)N(C2CCCCC2)[C@H]2O[C@@H]([C@H]3O[C@@H]4[C@H](O3)N(C3CCCCC3)C(=O)N4C)O[C@H]21. The topological polar surface area (TPSA) is 84.0 Å². The molecule has 6 aliphatic rings. The highest BCUT2D eigenvalue weighted by Gasteiger charge is 2.60. The van der Waals surface area contributed by atoms with Crippen LogP contribution in [-0.4, -0.2) is 95.3 Å². The van der Waals surface area contributed by atoms with Crippen LogP contribution in [0.15, 0.2) is 0 Å². The number of rotatable bonds is 3. The van der Waals surface area contributed by atoms with Crippen molar-refractivity contribution in [3.05, 3.63) is 0 Å². The van der Waals surface area contributed by atoms with Gasteiger partial charge < -0.3 is 18.9 Å². The molecule has 0 radical (unpaired) electrons. The lowest BCUT2D eigenvalue weighted by Gasteiger charge is -2.34. The van der Waals surface area contributed by atoms with Crippen molar-refractivity contribution in [1.29, 1.82) is 0 Å². The Kier molecular flexibility index (Phi) is 5.24. The van der Waals surface area contributed by atoms with E-state index in [-0.39, 0.29) is 24.1 Å². The first-order valence-electron chi connectivity index (χ1n) is 12.3. The molecule has 0 bridgehead atoms. The van der Waals surface area contributed by atoms with Crippen LogP contribution in [-0.2, 0) is 18.9 Å². The van der Waals surface area contributed by atoms with Crippen molar-refractivity contribution in [2.45, 2.75) is 114 Å². The van der Waals surface area contributed by atoms with Crippen molar-refractivity contribution in [1.82, 2.24) is 19.6 Å². The molecule has 6 atom stereocenters. The molecule has 2 saturated carbocycles. The van der Waals surface area contributed by atoms with Crippen molar-refractivity contribution >= 4 is 12.1 Å². The van der Waals surface area contributed by atoms with Crippen LogP contribution in [0.2, 0.25) is 0 Å². The normalized spacial score (nSPS) is 41.2. The lowest BCUT2D eigenvalue weighted by molar-refractivity contribution is -0.243. The molecule has 4 saturated heterocycles. The van der Waals surface area contributed by atoms with Gasteiger partial charge in [0.25, 0.3) is 0 Å². The maximum Gasteiger partial charge on any atom is 0.324 e. The van der Waals surface area contributed by atoms with E-state index in [1.54, 1.807) is 23.9 Å². The number of carbonyl (C=O) groups is 2. The number of ether oxygens (including phenoxy) is 4. The highest BCUT2D eigenvalue weighted by Crippen LogP contribution is 2.42. The Hall–Kier alpha value is -1.62. The molecule has 0 aromatic carbocycles. The molecule has 0 aromatic heterocycles. The highest BCUT2D eigenvalue weighted by molar-refractivity contribution is 5.78. The molecule has 4 aliphatic heterocycles. The third-order valence-electron chi connectivity index (χ3n) is 8.10. The fourth-order valence-electron chi connectivity index (χ4n) is 6.36. The molecule has 0 N–H and O–H groups in total. The summed E-state index contributed by atoms with van der Waals surface area (Å²) in [7, 11) is 3.52. The lowest BCUT2D eigenvalue weighted by atomic mass is 9.94. The van der Waals surface area contributed by atoms with E-state index in [4.69, 9.17) is 18.9 Å². The largest absolute Gasteiger partial charge is 0.324 e. The second kappa shape index (κ2) is 8.00. The van der Waals surface area contributed by atoms with E-state index >= 15 is 0 Å². The Morgan fingerprint density at radius 2 is 0.906 bits per heavy atom. The number of likely N-dealkylation sites (N-methyl/N-ethyl adjacent to an activating group) is 2. The maximum absolute atomic E-state index is 12.9. The predicted octanol–water partition coefficient (Wildman–Crippen LogP) is 2.44. The van der Waals surface area contributed by atoms with Crippen LogP contribution in [0, 0.1) is 0 Å². The number of urea groups is 2. The zero-order valence-electron chi connectivity index (χ0n) is 18.9. The molecule has 0 spiro atoms. The van der Waals surface area contributed by atoms with Gasteiger partial charge in [-0.3, -0.25) is 19.6 Å². The molecule has 10 heteroatoms. The summed E-state index contributed by atoms with van der Waals surface area (Å²) in [6, 6.07) is 0.298. The highest BCUT2D eigenvalue weighted by atomic mass is 16.8. The van der Waals surface area contributed by atoms with Gasteiger partial charge in [-0.1, -0.05) is 38.5 Å². The molecule has 32 heavy (non-hydrogen) atoms. The molecular weight excluding hydrogens is 416 g/mol. The fraction of sp³-hybridized carbons (Fsp3) is 0.909. The van der Waals surface area contributed by atoms with E-state index in [0.717, 1.165) is 51.4 Å². The van der Waals surface area contributed by atoms with Gasteiger partial charge in [0.2, 0.25) is 12.6 Å². The zero-order valence-corrected chi connectivity index (χ0v) is 18.9. The average molecular weight is 451 g/mol. The Labute approximate surface area is 188 Å². The third-order valence-corrected chi connectivity index (χ3v) is 8.10. The van der Waals surface area contributed by atoms with Gasteiger partial charge in [-0.05, 0) is 25.7 Å². The molecule has 10 nitrogen and oxygen atoms in total. The van der Waals surface area contributed by atoms with Crippen molar-refractivity contribution in [2.75, 3.05) is 14.1 Å². The second-order valence-electron chi connectivity index (χ2n) is 10.0. The smallest absolute Gasteiger partial charge is 0.319 e. The van der Waals surface area contributed by atoms with Crippen LogP contribution < -0.4 is 0 Å². The van der Waals surface area contributed by atoms with Gasteiger partial charge in [-0.2, -0.15) is 0 Å². The van der Waals surface area contributed by atoms with Crippen LogP contribution in [0.3, 0.4) is 0 Å². The zero-order chi connectivity index (χ0) is 22.0. The van der Waals surface area contributed by atoms with Crippen molar-refractivity contribution in [2.24, 2.45) is 0 Å². The minimum Gasteiger partial charge on any atom is -0.319 e. The van der Waals surface area contributed by atoms with Gasteiger partial charge >= 0.3 is 12.1 Å². The predicted molar refractivity (Wildman–Crippen MR) is 111 cm³/mol. The van der Waals surface area contributed by atoms with Crippen LogP contribution >= 0.6 is 0 Å². The third kappa shape index (κ3) is 3.13. The van der Waals surface area contributed by atoms with E-state index in [1.807, 2.05) is 9.80 Å². The van der Waals surface area contributed by atoms with Crippen molar-refractivity contribution in [3.8, 4) is 0 Å². The molecule has 0 unspecified atom stereocenters. The van der Waals surface area contributed by atoms with Gasteiger partial charge in [-0.25, -0.2) is 9.59 Å². The standard InChI is InChI=1S/C22H34N4O6/c1-23-15-17(25(21(23)27)13-9-5-3-6-10-13)31-19(29-15)20-30-16-18(32-20)26(22(28)24(16)2)14-11-7-4-8-12-14/h13-20H,3-12H2,1-2H3/t15-,16-,17+,18+,19+,20+/m1/s1. The maximum atomic E-state index is 12.9. The molecule has 6 fully saturated rings. The Bertz CT molecular complexity index is 695. The lowest BCUT2D eigenvalue weighted by Crippen LogP contribution is -2.47. The molecule has 4 heterocycles. The van der Waals surface area contributed by atoms with Crippen molar-refractivity contribution < 1.29 is 28.5 Å². The Morgan fingerprint density at radius 3 is 1.28 bits per heavy atom. The number of nitrogens with zero attached hydrogens (tertiary/aromatic N) is 4. The van der Waals surface area contributed by atoms with Gasteiger partial charge in [0.1, 0.15) is 0 Å².